The molecule has 1 N–H and O–H groups in total. The van der Waals surface area contributed by atoms with Crippen LogP contribution in [0.1, 0.15) is 63.5 Å². The summed E-state index contributed by atoms with van der Waals surface area (Å²) in [5.41, 5.74) is 0.771. The molecule has 0 amide bonds. The smallest absolute Gasteiger partial charge is 0.127 e. The predicted octanol–water partition coefficient (Wildman–Crippen LogP) is 4.61. The van der Waals surface area contributed by atoms with E-state index < -0.39 is 0 Å². The van der Waals surface area contributed by atoms with Crippen LogP contribution >= 0.6 is 0 Å². The fourth-order valence-electron chi connectivity index (χ4n) is 3.06. The highest BCUT2D eigenvalue weighted by molar-refractivity contribution is 5.20. The van der Waals surface area contributed by atoms with Crippen LogP contribution in [0.15, 0.2) is 24.3 Å². The highest BCUT2D eigenvalue weighted by Gasteiger charge is 2.14. The zero-order valence-electron chi connectivity index (χ0n) is 13.1. The van der Waals surface area contributed by atoms with E-state index in [2.05, 4.69) is 12.2 Å². The van der Waals surface area contributed by atoms with Crippen molar-refractivity contribution in [2.24, 2.45) is 0 Å². The van der Waals surface area contributed by atoms with Gasteiger partial charge >= 0.3 is 0 Å². The van der Waals surface area contributed by atoms with Crippen molar-refractivity contribution in [3.8, 4) is 0 Å². The lowest BCUT2D eigenvalue weighted by Crippen LogP contribution is -2.25. The van der Waals surface area contributed by atoms with E-state index in [-0.39, 0.29) is 11.9 Å². The Morgan fingerprint density at radius 1 is 1.24 bits per heavy atom. The second-order valence-electron chi connectivity index (χ2n) is 5.92. The van der Waals surface area contributed by atoms with Gasteiger partial charge in [0.2, 0.25) is 0 Å². The Morgan fingerprint density at radius 3 is 2.71 bits per heavy atom. The zero-order valence-corrected chi connectivity index (χ0v) is 13.1. The van der Waals surface area contributed by atoms with Crippen LogP contribution in [0.25, 0.3) is 0 Å². The standard InChI is InChI=1S/C18H28FNO/c1-2-18(16-11-6-7-12-17(16)19)20-13-8-14-21-15-9-4-3-5-10-15/h6-7,11-12,15,18,20H,2-5,8-10,13-14H2,1H3. The lowest BCUT2D eigenvalue weighted by molar-refractivity contribution is 0.0270. The molecule has 2 rings (SSSR count). The molecule has 0 heterocycles. The highest BCUT2D eigenvalue weighted by Crippen LogP contribution is 2.21. The molecule has 0 radical (unpaired) electrons. The predicted molar refractivity (Wildman–Crippen MR) is 84.9 cm³/mol. The van der Waals surface area contributed by atoms with E-state index in [0.29, 0.717) is 6.10 Å². The van der Waals surface area contributed by atoms with Crippen LogP contribution in [0.3, 0.4) is 0 Å². The lowest BCUT2D eigenvalue weighted by atomic mass is 9.98. The first-order chi connectivity index (χ1) is 10.3. The summed E-state index contributed by atoms with van der Waals surface area (Å²) in [5, 5.41) is 3.44. The first kappa shape index (κ1) is 16.4. The number of nitrogens with one attached hydrogen (secondary N) is 1. The van der Waals surface area contributed by atoms with Crippen molar-refractivity contribution in [1.29, 1.82) is 0 Å². The van der Waals surface area contributed by atoms with Gasteiger partial charge in [-0.3, -0.25) is 0 Å². The Kier molecular flexibility index (Phi) is 7.17. The maximum atomic E-state index is 13.8. The summed E-state index contributed by atoms with van der Waals surface area (Å²) in [7, 11) is 0. The van der Waals surface area contributed by atoms with Crippen molar-refractivity contribution in [1.82, 2.24) is 5.32 Å². The van der Waals surface area contributed by atoms with Crippen molar-refractivity contribution in [2.75, 3.05) is 13.2 Å². The lowest BCUT2D eigenvalue weighted by Gasteiger charge is -2.22. The molecule has 21 heavy (non-hydrogen) atoms. The molecule has 2 nitrogen and oxygen atoms in total. The summed E-state index contributed by atoms with van der Waals surface area (Å²) in [6.45, 7) is 3.77. The molecule has 1 aromatic rings. The zero-order chi connectivity index (χ0) is 14.9. The van der Waals surface area contributed by atoms with Crippen molar-refractivity contribution >= 4 is 0 Å². The average Bonchev–Trinajstić information content (AvgIpc) is 2.53. The van der Waals surface area contributed by atoms with E-state index in [1.165, 1.54) is 38.2 Å². The van der Waals surface area contributed by atoms with Gasteiger partial charge in [0.05, 0.1) is 6.10 Å². The summed E-state index contributed by atoms with van der Waals surface area (Å²) in [6, 6.07) is 7.14. The van der Waals surface area contributed by atoms with Crippen molar-refractivity contribution in [3.63, 3.8) is 0 Å². The van der Waals surface area contributed by atoms with E-state index in [0.717, 1.165) is 31.6 Å². The SMILES string of the molecule is CCC(NCCCOC1CCCCC1)c1ccccc1F. The molecule has 1 fully saturated rings. The summed E-state index contributed by atoms with van der Waals surface area (Å²) in [4.78, 5) is 0. The molecule has 0 bridgehead atoms. The summed E-state index contributed by atoms with van der Waals surface area (Å²) >= 11 is 0. The fraction of sp³-hybridized carbons (Fsp3) is 0.667. The molecule has 1 aromatic carbocycles. The normalized spacial score (nSPS) is 17.8. The van der Waals surface area contributed by atoms with Crippen LogP contribution < -0.4 is 5.32 Å². The van der Waals surface area contributed by atoms with Gasteiger partial charge in [-0.2, -0.15) is 0 Å². The third-order valence-corrected chi connectivity index (χ3v) is 4.31. The Bertz CT molecular complexity index is 404. The van der Waals surface area contributed by atoms with Crippen molar-refractivity contribution in [2.45, 2.75) is 64.0 Å². The molecule has 1 aliphatic rings. The molecule has 0 aromatic heterocycles. The molecule has 0 aliphatic heterocycles. The van der Waals surface area contributed by atoms with Crippen LogP contribution in [-0.2, 0) is 4.74 Å². The maximum absolute atomic E-state index is 13.8. The number of benzene rings is 1. The maximum Gasteiger partial charge on any atom is 0.127 e. The van der Waals surface area contributed by atoms with E-state index in [4.69, 9.17) is 4.74 Å². The number of rotatable bonds is 8. The average molecular weight is 293 g/mol. The minimum absolute atomic E-state index is 0.0980. The topological polar surface area (TPSA) is 21.3 Å². The fourth-order valence-corrected chi connectivity index (χ4v) is 3.06. The Morgan fingerprint density at radius 2 is 2.00 bits per heavy atom. The minimum atomic E-state index is -0.115. The van der Waals surface area contributed by atoms with E-state index in [9.17, 15) is 4.39 Å². The third kappa shape index (κ3) is 5.40. The van der Waals surface area contributed by atoms with Gasteiger partial charge in [0, 0.05) is 18.2 Å². The van der Waals surface area contributed by atoms with E-state index in [1.807, 2.05) is 12.1 Å². The second kappa shape index (κ2) is 9.16. The van der Waals surface area contributed by atoms with Crippen LogP contribution in [-0.4, -0.2) is 19.3 Å². The first-order valence-electron chi connectivity index (χ1n) is 8.40. The molecule has 0 spiro atoms. The van der Waals surface area contributed by atoms with E-state index in [1.54, 1.807) is 6.07 Å². The third-order valence-electron chi connectivity index (χ3n) is 4.31. The largest absolute Gasteiger partial charge is 0.378 e. The Labute approximate surface area is 128 Å². The molecule has 0 saturated heterocycles. The van der Waals surface area contributed by atoms with Gasteiger partial charge in [-0.05, 0) is 38.3 Å². The molecule has 1 atom stereocenters. The summed E-state index contributed by atoms with van der Waals surface area (Å²) < 4.78 is 19.7. The van der Waals surface area contributed by atoms with Gasteiger partial charge in [-0.1, -0.05) is 44.4 Å². The monoisotopic (exact) mass is 293 g/mol. The van der Waals surface area contributed by atoms with Crippen LogP contribution in [0.2, 0.25) is 0 Å². The van der Waals surface area contributed by atoms with Crippen molar-refractivity contribution in [3.05, 3.63) is 35.6 Å². The number of halogens is 1. The molecular weight excluding hydrogens is 265 g/mol. The Balaban J connectivity index is 1.65. The van der Waals surface area contributed by atoms with Gasteiger partial charge in [-0.25, -0.2) is 4.39 Å². The van der Waals surface area contributed by atoms with Gasteiger partial charge < -0.3 is 10.1 Å². The quantitative estimate of drug-likeness (QED) is 0.707. The number of ether oxygens (including phenoxy) is 1. The van der Waals surface area contributed by atoms with Gasteiger partial charge in [0.15, 0.2) is 0 Å². The van der Waals surface area contributed by atoms with Gasteiger partial charge in [0.1, 0.15) is 5.82 Å². The molecule has 118 valence electrons. The van der Waals surface area contributed by atoms with Crippen LogP contribution in [0.5, 0.6) is 0 Å². The number of hydrogen-bond donors (Lipinski definition) is 1. The second-order valence-corrected chi connectivity index (χ2v) is 5.92. The van der Waals surface area contributed by atoms with Crippen LogP contribution in [0.4, 0.5) is 4.39 Å². The summed E-state index contributed by atoms with van der Waals surface area (Å²) in [6.07, 6.45) is 8.80. The number of hydrogen-bond acceptors (Lipinski definition) is 2. The molecule has 1 saturated carbocycles. The van der Waals surface area contributed by atoms with Crippen LogP contribution in [0, 0.1) is 5.82 Å². The summed E-state index contributed by atoms with van der Waals surface area (Å²) in [5.74, 6) is -0.115. The highest BCUT2D eigenvalue weighted by atomic mass is 19.1. The van der Waals surface area contributed by atoms with E-state index >= 15 is 0 Å². The molecule has 3 heteroatoms. The van der Waals surface area contributed by atoms with Gasteiger partial charge in [0.25, 0.3) is 0 Å². The minimum Gasteiger partial charge on any atom is -0.378 e. The van der Waals surface area contributed by atoms with Gasteiger partial charge in [-0.15, -0.1) is 0 Å². The molecular formula is C18H28FNO. The molecule has 1 unspecified atom stereocenters. The Hall–Kier alpha value is -0.930. The molecule has 1 aliphatic carbocycles. The first-order valence-corrected chi connectivity index (χ1v) is 8.40. The van der Waals surface area contributed by atoms with Crippen molar-refractivity contribution < 1.29 is 9.13 Å².